The number of ether oxygens (including phenoxy) is 1. The van der Waals surface area contributed by atoms with Crippen LogP contribution in [0.4, 0.5) is 4.79 Å². The van der Waals surface area contributed by atoms with Crippen LogP contribution in [0, 0.1) is 0 Å². The molecule has 3 amide bonds. The highest BCUT2D eigenvalue weighted by molar-refractivity contribution is 7.98. The lowest BCUT2D eigenvalue weighted by molar-refractivity contribution is -0.149. The van der Waals surface area contributed by atoms with Crippen molar-refractivity contribution in [3.63, 3.8) is 0 Å². The number of hydrogen-bond acceptors (Lipinski definition) is 5. The van der Waals surface area contributed by atoms with E-state index in [1.807, 2.05) is 71.2 Å². The summed E-state index contributed by atoms with van der Waals surface area (Å²) < 4.78 is 5.43. The number of carbonyl (C=O) groups is 3. The summed E-state index contributed by atoms with van der Waals surface area (Å²) in [5.74, 6) is 0.109. The maximum absolute atomic E-state index is 14.1. The fourth-order valence-corrected chi connectivity index (χ4v) is 3.94. The normalized spacial score (nSPS) is 13.7. The zero-order chi connectivity index (χ0) is 26.1. The predicted octanol–water partition coefficient (Wildman–Crippen LogP) is 4.92. The monoisotopic (exact) mass is 493 g/mol. The average molecular weight is 494 g/mol. The van der Waals surface area contributed by atoms with Gasteiger partial charge in [0.1, 0.15) is 17.7 Å². The van der Waals surface area contributed by atoms with Crippen LogP contribution in [0.15, 0.2) is 30.3 Å². The molecule has 0 radical (unpaired) electrons. The third-order valence-electron chi connectivity index (χ3n) is 5.41. The Bertz CT molecular complexity index is 806. The molecular weight excluding hydrogens is 450 g/mol. The van der Waals surface area contributed by atoms with E-state index in [1.165, 1.54) is 0 Å². The molecule has 2 unspecified atom stereocenters. The van der Waals surface area contributed by atoms with Gasteiger partial charge in [-0.05, 0) is 78.9 Å². The molecule has 0 aromatic heterocycles. The van der Waals surface area contributed by atoms with Crippen LogP contribution in [0.5, 0.6) is 0 Å². The van der Waals surface area contributed by atoms with Gasteiger partial charge in [0.15, 0.2) is 0 Å². The molecule has 0 aliphatic rings. The van der Waals surface area contributed by atoms with E-state index in [-0.39, 0.29) is 17.9 Å². The van der Waals surface area contributed by atoms with Crippen molar-refractivity contribution in [1.29, 1.82) is 0 Å². The third kappa shape index (κ3) is 9.20. The Hall–Kier alpha value is -2.22. The summed E-state index contributed by atoms with van der Waals surface area (Å²) >= 11 is 1.59. The molecule has 0 spiro atoms. The van der Waals surface area contributed by atoms with Gasteiger partial charge >= 0.3 is 6.09 Å². The zero-order valence-corrected chi connectivity index (χ0v) is 23.0. The van der Waals surface area contributed by atoms with Gasteiger partial charge in [-0.1, -0.05) is 37.3 Å². The first-order chi connectivity index (χ1) is 15.7. The topological polar surface area (TPSA) is 87.7 Å². The van der Waals surface area contributed by atoms with Crippen LogP contribution in [0.3, 0.4) is 0 Å². The van der Waals surface area contributed by atoms with Gasteiger partial charge < -0.3 is 20.3 Å². The molecule has 0 fully saturated rings. The lowest BCUT2D eigenvalue weighted by Crippen LogP contribution is -2.59. The van der Waals surface area contributed by atoms with E-state index < -0.39 is 29.3 Å². The number of thioether (sulfide) groups is 1. The lowest BCUT2D eigenvalue weighted by Gasteiger charge is -2.44. The minimum absolute atomic E-state index is 0.0902. The predicted molar refractivity (Wildman–Crippen MR) is 140 cm³/mol. The van der Waals surface area contributed by atoms with E-state index >= 15 is 0 Å². The van der Waals surface area contributed by atoms with Crippen LogP contribution in [0.2, 0.25) is 0 Å². The smallest absolute Gasteiger partial charge is 0.408 e. The molecule has 0 aliphatic heterocycles. The van der Waals surface area contributed by atoms with E-state index in [0.717, 1.165) is 5.56 Å². The number of nitrogens with one attached hydrogen (secondary N) is 2. The van der Waals surface area contributed by atoms with Gasteiger partial charge in [0, 0.05) is 11.6 Å². The SMILES string of the molecule is CCC(C)(C)N(C(=O)C(CCSC)NC(=O)OC(C)(C)C)C(C(=O)NC(C)C)c1ccccc1. The molecule has 0 saturated carbocycles. The number of rotatable bonds is 11. The molecule has 0 saturated heterocycles. The number of nitrogens with zero attached hydrogens (tertiary/aromatic N) is 1. The number of hydrogen-bond donors (Lipinski definition) is 2. The summed E-state index contributed by atoms with van der Waals surface area (Å²) in [5, 5.41) is 5.75. The first kappa shape index (κ1) is 29.8. The maximum Gasteiger partial charge on any atom is 0.408 e. The first-order valence-electron chi connectivity index (χ1n) is 11.9. The number of benzene rings is 1. The van der Waals surface area contributed by atoms with Crippen molar-refractivity contribution in [3.8, 4) is 0 Å². The van der Waals surface area contributed by atoms with Crippen LogP contribution in [-0.2, 0) is 14.3 Å². The molecule has 1 aromatic carbocycles. The Balaban J connectivity index is 3.53. The Morgan fingerprint density at radius 1 is 1.03 bits per heavy atom. The molecule has 0 aliphatic carbocycles. The Morgan fingerprint density at radius 3 is 2.09 bits per heavy atom. The van der Waals surface area contributed by atoms with Crippen LogP contribution < -0.4 is 10.6 Å². The second-order valence-corrected chi connectivity index (χ2v) is 11.3. The third-order valence-corrected chi connectivity index (χ3v) is 6.05. The molecule has 2 atom stereocenters. The number of alkyl carbamates (subject to hydrolysis) is 1. The van der Waals surface area contributed by atoms with Gasteiger partial charge in [-0.25, -0.2) is 4.79 Å². The van der Waals surface area contributed by atoms with Crippen molar-refractivity contribution in [2.24, 2.45) is 0 Å². The minimum atomic E-state index is -0.844. The molecule has 7 nitrogen and oxygen atoms in total. The average Bonchev–Trinajstić information content (AvgIpc) is 2.72. The van der Waals surface area contributed by atoms with E-state index in [0.29, 0.717) is 18.6 Å². The summed E-state index contributed by atoms with van der Waals surface area (Å²) in [6.07, 6.45) is 2.34. The second-order valence-electron chi connectivity index (χ2n) is 10.3. The molecule has 1 aromatic rings. The maximum atomic E-state index is 14.1. The highest BCUT2D eigenvalue weighted by Crippen LogP contribution is 2.32. The molecule has 192 valence electrons. The number of carbonyl (C=O) groups excluding carboxylic acids is 3. The fraction of sp³-hybridized carbons (Fsp3) is 0.654. The summed E-state index contributed by atoms with van der Waals surface area (Å²) in [7, 11) is 0. The van der Waals surface area contributed by atoms with Gasteiger partial charge in [0.25, 0.3) is 0 Å². The van der Waals surface area contributed by atoms with Crippen LogP contribution >= 0.6 is 11.8 Å². The molecule has 0 bridgehead atoms. The molecule has 34 heavy (non-hydrogen) atoms. The van der Waals surface area contributed by atoms with Crippen molar-refractivity contribution in [2.45, 2.75) is 97.5 Å². The first-order valence-corrected chi connectivity index (χ1v) is 13.3. The fourth-order valence-electron chi connectivity index (χ4n) is 3.47. The molecule has 2 N–H and O–H groups in total. The number of amides is 3. The van der Waals surface area contributed by atoms with E-state index in [9.17, 15) is 14.4 Å². The van der Waals surface area contributed by atoms with Gasteiger partial charge in [-0.2, -0.15) is 11.8 Å². The Kier molecular flexibility index (Phi) is 11.4. The van der Waals surface area contributed by atoms with Gasteiger partial charge in [-0.3, -0.25) is 9.59 Å². The molecule has 1 rings (SSSR count). The zero-order valence-electron chi connectivity index (χ0n) is 22.2. The van der Waals surface area contributed by atoms with E-state index in [1.54, 1.807) is 37.4 Å². The van der Waals surface area contributed by atoms with E-state index in [2.05, 4.69) is 10.6 Å². The summed E-state index contributed by atoms with van der Waals surface area (Å²) in [4.78, 5) is 41.9. The highest BCUT2D eigenvalue weighted by Gasteiger charge is 2.43. The minimum Gasteiger partial charge on any atom is -0.444 e. The molecular formula is C26H43N3O4S. The van der Waals surface area contributed by atoms with Crippen LogP contribution in [0.25, 0.3) is 0 Å². The van der Waals surface area contributed by atoms with Gasteiger partial charge in [0.05, 0.1) is 0 Å². The van der Waals surface area contributed by atoms with Crippen LogP contribution in [-0.4, -0.2) is 58.0 Å². The quantitative estimate of drug-likeness (QED) is 0.457. The van der Waals surface area contributed by atoms with Crippen molar-refractivity contribution in [1.82, 2.24) is 15.5 Å². The second kappa shape index (κ2) is 13.0. The van der Waals surface area contributed by atoms with Crippen molar-refractivity contribution >= 4 is 29.7 Å². The largest absolute Gasteiger partial charge is 0.444 e. The van der Waals surface area contributed by atoms with E-state index in [4.69, 9.17) is 4.74 Å². The molecule has 0 heterocycles. The summed E-state index contributed by atoms with van der Waals surface area (Å²) in [6.45, 7) is 15.0. The van der Waals surface area contributed by atoms with Crippen molar-refractivity contribution in [3.05, 3.63) is 35.9 Å². The Labute approximate surface area is 209 Å². The van der Waals surface area contributed by atoms with Crippen molar-refractivity contribution < 1.29 is 19.1 Å². The highest BCUT2D eigenvalue weighted by atomic mass is 32.2. The summed E-state index contributed by atoms with van der Waals surface area (Å²) in [5.41, 5.74) is -0.626. The lowest BCUT2D eigenvalue weighted by atomic mass is 9.91. The van der Waals surface area contributed by atoms with Crippen LogP contribution in [0.1, 0.15) is 79.8 Å². The van der Waals surface area contributed by atoms with Gasteiger partial charge in [0.2, 0.25) is 11.8 Å². The summed E-state index contributed by atoms with van der Waals surface area (Å²) in [6, 6.07) is 7.54. The standard InChI is InChI=1S/C26H43N3O4S/c1-10-26(7,8)29(21(22(30)27-18(2)3)19-14-12-11-13-15-19)23(31)20(16-17-34-9)28-24(32)33-25(4,5)6/h11-15,18,20-21H,10,16-17H2,1-9H3,(H,27,30)(H,28,32). The molecule has 8 heteroatoms. The van der Waals surface area contributed by atoms with Gasteiger partial charge in [-0.15, -0.1) is 0 Å². The Morgan fingerprint density at radius 2 is 1.62 bits per heavy atom. The van der Waals surface area contributed by atoms with Crippen molar-refractivity contribution in [2.75, 3.05) is 12.0 Å².